The molecule has 3 unspecified atom stereocenters. The van der Waals surface area contributed by atoms with Crippen LogP contribution in [-0.4, -0.2) is 22.1 Å². The van der Waals surface area contributed by atoms with Crippen molar-refractivity contribution < 1.29 is 19.8 Å². The molecule has 2 fully saturated rings. The Bertz CT molecular complexity index is 584. The van der Waals surface area contributed by atoms with Crippen LogP contribution in [0.25, 0.3) is 0 Å². The van der Waals surface area contributed by atoms with Gasteiger partial charge >= 0.3 is 5.97 Å². The molecule has 0 spiro atoms. The van der Waals surface area contributed by atoms with Gasteiger partial charge in [0.15, 0.2) is 0 Å². The highest BCUT2D eigenvalue weighted by molar-refractivity contribution is 5.94. The van der Waals surface area contributed by atoms with Crippen molar-refractivity contribution in [3.8, 4) is 5.75 Å². The van der Waals surface area contributed by atoms with Crippen molar-refractivity contribution in [1.82, 2.24) is 0 Å². The van der Waals surface area contributed by atoms with Crippen LogP contribution in [0.15, 0.2) is 18.2 Å². The van der Waals surface area contributed by atoms with Crippen LogP contribution in [0.3, 0.4) is 0 Å². The summed E-state index contributed by atoms with van der Waals surface area (Å²) >= 11 is 0. The minimum atomic E-state index is -1.11. The van der Waals surface area contributed by atoms with E-state index < -0.39 is 5.97 Å². The van der Waals surface area contributed by atoms with Crippen molar-refractivity contribution in [2.24, 2.45) is 17.8 Å². The minimum Gasteiger partial charge on any atom is -0.506 e. The normalized spacial score (nSPS) is 26.8. The number of benzene rings is 1. The summed E-state index contributed by atoms with van der Waals surface area (Å²) in [5.74, 6) is 0.524. The first-order valence-electron chi connectivity index (χ1n) is 7.39. The quantitative estimate of drug-likeness (QED) is 0.744. The van der Waals surface area contributed by atoms with Gasteiger partial charge in [0.2, 0.25) is 5.91 Å². The van der Waals surface area contributed by atoms with Crippen LogP contribution in [0.4, 0.5) is 5.69 Å². The number of aromatic hydroxyl groups is 1. The monoisotopic (exact) mass is 289 g/mol. The molecule has 3 rings (SSSR count). The van der Waals surface area contributed by atoms with Gasteiger partial charge in [-0.15, -0.1) is 0 Å². The second kappa shape index (κ2) is 5.39. The van der Waals surface area contributed by atoms with E-state index in [1.165, 1.54) is 31.4 Å². The van der Waals surface area contributed by atoms with Crippen LogP contribution in [0.5, 0.6) is 5.75 Å². The van der Waals surface area contributed by atoms with Crippen molar-refractivity contribution in [3.63, 3.8) is 0 Å². The zero-order chi connectivity index (χ0) is 15.0. The van der Waals surface area contributed by atoms with Gasteiger partial charge in [-0.2, -0.15) is 0 Å². The molecule has 2 aliphatic rings. The molecule has 0 radical (unpaired) electrons. The molecule has 5 heteroatoms. The lowest BCUT2D eigenvalue weighted by atomic mass is 9.86. The summed E-state index contributed by atoms with van der Waals surface area (Å²) in [5.41, 5.74) is 0.270. The van der Waals surface area contributed by atoms with E-state index in [4.69, 9.17) is 5.11 Å². The van der Waals surface area contributed by atoms with Gasteiger partial charge in [0, 0.05) is 6.42 Å². The Labute approximate surface area is 123 Å². The summed E-state index contributed by atoms with van der Waals surface area (Å²) in [5, 5.41) is 21.3. The van der Waals surface area contributed by atoms with E-state index >= 15 is 0 Å². The molecule has 1 aromatic carbocycles. The lowest BCUT2D eigenvalue weighted by molar-refractivity contribution is -0.117. The Morgan fingerprint density at radius 1 is 1.24 bits per heavy atom. The van der Waals surface area contributed by atoms with Gasteiger partial charge in [0.05, 0.1) is 11.3 Å². The number of hydrogen-bond donors (Lipinski definition) is 3. The average molecular weight is 289 g/mol. The molecule has 2 aliphatic carbocycles. The van der Waals surface area contributed by atoms with Gasteiger partial charge in [-0.05, 0) is 55.2 Å². The summed E-state index contributed by atoms with van der Waals surface area (Å²) in [6.45, 7) is 0. The van der Waals surface area contributed by atoms with Gasteiger partial charge in [-0.1, -0.05) is 6.42 Å². The smallest absolute Gasteiger partial charge is 0.335 e. The van der Waals surface area contributed by atoms with Crippen LogP contribution >= 0.6 is 0 Å². The number of fused-ring (bicyclic) bond motifs is 2. The van der Waals surface area contributed by atoms with Gasteiger partial charge in [0.25, 0.3) is 0 Å². The molecular formula is C16H19NO4. The summed E-state index contributed by atoms with van der Waals surface area (Å²) in [6, 6.07) is 3.95. The molecule has 0 aliphatic heterocycles. The minimum absolute atomic E-state index is 0.00129. The fraction of sp³-hybridized carbons (Fsp3) is 0.500. The molecule has 5 nitrogen and oxygen atoms in total. The summed E-state index contributed by atoms with van der Waals surface area (Å²) in [7, 11) is 0. The Kier molecular flexibility index (Phi) is 3.57. The van der Waals surface area contributed by atoms with Crippen molar-refractivity contribution in [1.29, 1.82) is 0 Å². The van der Waals surface area contributed by atoms with Crippen molar-refractivity contribution in [2.45, 2.75) is 32.1 Å². The molecule has 2 saturated carbocycles. The second-order valence-electron chi connectivity index (χ2n) is 6.22. The van der Waals surface area contributed by atoms with Crippen molar-refractivity contribution >= 4 is 17.6 Å². The zero-order valence-electron chi connectivity index (χ0n) is 11.7. The Morgan fingerprint density at radius 3 is 2.62 bits per heavy atom. The SMILES string of the molecule is O=C(CC1CC2CCC1C2)Nc1ccc(C(=O)O)cc1O. The molecule has 0 aromatic heterocycles. The Morgan fingerprint density at radius 2 is 2.05 bits per heavy atom. The third kappa shape index (κ3) is 2.86. The highest BCUT2D eigenvalue weighted by atomic mass is 16.4. The number of carbonyl (C=O) groups excluding carboxylic acids is 1. The van der Waals surface area contributed by atoms with E-state index in [0.29, 0.717) is 18.3 Å². The largest absolute Gasteiger partial charge is 0.506 e. The average Bonchev–Trinajstić information content (AvgIpc) is 3.03. The molecule has 1 aromatic rings. The highest BCUT2D eigenvalue weighted by Gasteiger charge is 2.40. The molecule has 2 bridgehead atoms. The summed E-state index contributed by atoms with van der Waals surface area (Å²) in [6.07, 6.45) is 5.43. The van der Waals surface area contributed by atoms with Gasteiger partial charge in [0.1, 0.15) is 5.75 Å². The van der Waals surface area contributed by atoms with E-state index in [-0.39, 0.29) is 22.9 Å². The number of carboxylic acid groups (broad SMARTS) is 1. The fourth-order valence-corrected chi connectivity index (χ4v) is 3.84. The van der Waals surface area contributed by atoms with Crippen LogP contribution in [0.2, 0.25) is 0 Å². The van der Waals surface area contributed by atoms with E-state index in [9.17, 15) is 14.7 Å². The number of carbonyl (C=O) groups is 2. The van der Waals surface area contributed by atoms with Crippen LogP contribution in [0, 0.1) is 17.8 Å². The summed E-state index contributed by atoms with van der Waals surface area (Å²) in [4.78, 5) is 22.9. The maximum atomic E-state index is 12.1. The third-order valence-electron chi connectivity index (χ3n) is 4.85. The number of nitrogens with one attached hydrogen (secondary N) is 1. The van der Waals surface area contributed by atoms with Crippen molar-refractivity contribution in [3.05, 3.63) is 23.8 Å². The zero-order valence-corrected chi connectivity index (χ0v) is 11.7. The molecule has 0 saturated heterocycles. The third-order valence-corrected chi connectivity index (χ3v) is 4.85. The van der Waals surface area contributed by atoms with E-state index in [2.05, 4.69) is 5.32 Å². The Hall–Kier alpha value is -2.04. The van der Waals surface area contributed by atoms with Gasteiger partial charge < -0.3 is 15.5 Å². The van der Waals surface area contributed by atoms with Gasteiger partial charge in [-0.25, -0.2) is 4.79 Å². The van der Waals surface area contributed by atoms with Crippen molar-refractivity contribution in [2.75, 3.05) is 5.32 Å². The molecule has 1 amide bonds. The van der Waals surface area contributed by atoms with Crippen LogP contribution in [-0.2, 0) is 4.79 Å². The lowest BCUT2D eigenvalue weighted by Crippen LogP contribution is -2.20. The predicted octanol–water partition coefficient (Wildman–Crippen LogP) is 2.86. The van der Waals surface area contributed by atoms with E-state index in [1.54, 1.807) is 0 Å². The number of phenolic OH excluding ortho intramolecular Hbond substituents is 1. The number of rotatable bonds is 4. The molecule has 3 N–H and O–H groups in total. The van der Waals surface area contributed by atoms with Crippen LogP contribution < -0.4 is 5.32 Å². The number of amides is 1. The molecular weight excluding hydrogens is 270 g/mol. The lowest BCUT2D eigenvalue weighted by Gasteiger charge is -2.21. The molecule has 3 atom stereocenters. The number of aromatic carboxylic acids is 1. The second-order valence-corrected chi connectivity index (χ2v) is 6.22. The molecule has 21 heavy (non-hydrogen) atoms. The predicted molar refractivity (Wildman–Crippen MR) is 77.3 cm³/mol. The van der Waals surface area contributed by atoms with Gasteiger partial charge in [-0.3, -0.25) is 4.79 Å². The van der Waals surface area contributed by atoms with Crippen LogP contribution in [0.1, 0.15) is 42.5 Å². The highest BCUT2D eigenvalue weighted by Crippen LogP contribution is 2.49. The topological polar surface area (TPSA) is 86.6 Å². The first kappa shape index (κ1) is 13.9. The number of anilines is 1. The standard InChI is InChI=1S/C16H19NO4/c18-14-7-11(16(20)21)3-4-13(14)17-15(19)8-12-6-9-1-2-10(12)5-9/h3-4,7,9-10,12,18H,1-2,5-6,8H2,(H,17,19)(H,20,21). The number of hydrogen-bond acceptors (Lipinski definition) is 3. The van der Waals surface area contributed by atoms with E-state index in [0.717, 1.165) is 18.4 Å². The number of phenols is 1. The summed E-state index contributed by atoms with van der Waals surface area (Å²) < 4.78 is 0. The van der Waals surface area contributed by atoms with E-state index in [1.807, 2.05) is 0 Å². The maximum Gasteiger partial charge on any atom is 0.335 e. The first-order valence-corrected chi connectivity index (χ1v) is 7.39. The first-order chi connectivity index (χ1) is 10.0. The molecule has 0 heterocycles. The Balaban J connectivity index is 1.61. The number of carboxylic acids is 1. The molecule has 112 valence electrons. The fourth-order valence-electron chi connectivity index (χ4n) is 3.84. The maximum absolute atomic E-state index is 12.1.